The third-order valence-electron chi connectivity index (χ3n) is 15.3. The van der Waals surface area contributed by atoms with E-state index >= 15 is 0 Å². The summed E-state index contributed by atoms with van der Waals surface area (Å²) in [5.74, 6) is 2.72. The summed E-state index contributed by atoms with van der Waals surface area (Å²) >= 11 is 0. The number of aromatic hydroxyl groups is 1. The van der Waals surface area contributed by atoms with Crippen molar-refractivity contribution in [3.8, 4) is 5.75 Å². The van der Waals surface area contributed by atoms with Gasteiger partial charge in [0.25, 0.3) is 0 Å². The summed E-state index contributed by atoms with van der Waals surface area (Å²) in [5.41, 5.74) is 3.45. The zero-order valence-electron chi connectivity index (χ0n) is 28.3. The van der Waals surface area contributed by atoms with Gasteiger partial charge in [-0.2, -0.15) is 0 Å². The third kappa shape index (κ3) is 4.34. The zero-order chi connectivity index (χ0) is 31.2. The van der Waals surface area contributed by atoms with Crippen molar-refractivity contribution in [2.45, 2.75) is 126 Å². The molecular formula is C39H58O4. The van der Waals surface area contributed by atoms with Crippen LogP contribution in [0.2, 0.25) is 0 Å². The molecule has 0 bridgehead atoms. The molecule has 238 valence electrons. The number of carbonyl (C=O) groups is 1. The van der Waals surface area contributed by atoms with Crippen LogP contribution in [-0.2, 0) is 16.0 Å². The van der Waals surface area contributed by atoms with E-state index in [0.29, 0.717) is 42.4 Å². The largest absolute Gasteiger partial charge is 0.508 e. The quantitative estimate of drug-likeness (QED) is 0.272. The van der Waals surface area contributed by atoms with Crippen LogP contribution in [0.4, 0.5) is 0 Å². The topological polar surface area (TPSA) is 66.8 Å². The van der Waals surface area contributed by atoms with Gasteiger partial charge >= 0.3 is 5.97 Å². The second-order valence-electron chi connectivity index (χ2n) is 17.2. The number of allylic oxidation sites excluding steroid dienone is 2. The smallest absolute Gasteiger partial charge is 0.312 e. The van der Waals surface area contributed by atoms with Gasteiger partial charge in [-0.25, -0.2) is 0 Å². The highest BCUT2D eigenvalue weighted by Gasteiger charge is 2.69. The molecule has 0 aromatic heterocycles. The van der Waals surface area contributed by atoms with E-state index < -0.39 is 5.41 Å². The molecule has 2 N–H and O–H groups in total. The number of hydrogen-bond acceptors (Lipinski definition) is 4. The molecule has 0 heterocycles. The molecule has 1 aromatic carbocycles. The molecule has 0 spiro atoms. The first-order valence-corrected chi connectivity index (χ1v) is 17.5. The molecule has 0 unspecified atom stereocenters. The molecular weight excluding hydrogens is 532 g/mol. The number of phenols is 1. The van der Waals surface area contributed by atoms with Crippen LogP contribution in [0.5, 0.6) is 5.75 Å². The lowest BCUT2D eigenvalue weighted by atomic mass is 9.33. The van der Waals surface area contributed by atoms with E-state index in [1.165, 1.54) is 12.8 Å². The lowest BCUT2D eigenvalue weighted by Gasteiger charge is -2.71. The van der Waals surface area contributed by atoms with Crippen LogP contribution in [0, 0.1) is 63.6 Å². The number of aryl methyl sites for hydroxylation is 1. The maximum Gasteiger partial charge on any atom is 0.312 e. The van der Waals surface area contributed by atoms with Gasteiger partial charge in [0.2, 0.25) is 0 Å². The summed E-state index contributed by atoms with van der Waals surface area (Å²) in [5, 5.41) is 21.2. The molecule has 4 nitrogen and oxygen atoms in total. The van der Waals surface area contributed by atoms with Crippen LogP contribution in [0.15, 0.2) is 29.8 Å². The number of esters is 1. The van der Waals surface area contributed by atoms with Gasteiger partial charge in [-0.05, 0) is 133 Å². The molecule has 43 heavy (non-hydrogen) atoms. The van der Waals surface area contributed by atoms with Crippen LogP contribution in [0.25, 0.3) is 0 Å². The molecule has 5 aliphatic rings. The van der Waals surface area contributed by atoms with Crippen LogP contribution in [0.1, 0.15) is 117 Å². The van der Waals surface area contributed by atoms with E-state index in [-0.39, 0.29) is 39.7 Å². The normalized spacial score (nSPS) is 45.1. The van der Waals surface area contributed by atoms with Crippen LogP contribution in [0.3, 0.4) is 0 Å². The second-order valence-corrected chi connectivity index (χ2v) is 17.2. The van der Waals surface area contributed by atoms with Gasteiger partial charge in [-0.1, -0.05) is 72.2 Å². The molecule has 0 aliphatic heterocycles. The molecule has 4 saturated carbocycles. The molecule has 4 fully saturated rings. The first-order valence-electron chi connectivity index (χ1n) is 17.5. The Kier molecular flexibility index (Phi) is 7.51. The molecule has 10 atom stereocenters. The highest BCUT2D eigenvalue weighted by molar-refractivity contribution is 5.79. The van der Waals surface area contributed by atoms with Crippen molar-refractivity contribution in [3.05, 3.63) is 41.0 Å². The number of rotatable bonds is 4. The summed E-state index contributed by atoms with van der Waals surface area (Å²) < 4.78 is 6.19. The second kappa shape index (κ2) is 10.4. The van der Waals surface area contributed by atoms with Crippen molar-refractivity contribution in [3.63, 3.8) is 0 Å². The number of fused-ring (bicyclic) bond motifs is 7. The van der Waals surface area contributed by atoms with Crippen molar-refractivity contribution in [1.29, 1.82) is 0 Å². The third-order valence-corrected chi connectivity index (χ3v) is 15.3. The van der Waals surface area contributed by atoms with Gasteiger partial charge in [-0.3, -0.25) is 4.79 Å². The molecule has 0 saturated heterocycles. The van der Waals surface area contributed by atoms with Gasteiger partial charge in [-0.15, -0.1) is 0 Å². The number of carbonyl (C=O) groups excluding carboxylic acids is 1. The van der Waals surface area contributed by atoms with E-state index in [4.69, 9.17) is 4.74 Å². The highest BCUT2D eigenvalue weighted by Crippen LogP contribution is 2.75. The molecule has 4 heteroatoms. The molecule has 6 rings (SSSR count). The SMILES string of the molecule is Cc1ccc(CCOC(=O)[C@]23CC[C@@H](C)[C@H](C)[C@H]2C2=CC[C@H]4[C@@]5(C)CC[C@H](O)C(C)(C)[C@@H]5CC[C@@]4(C)[C@]2(C)CC3)cc1O. The maximum absolute atomic E-state index is 14.3. The Hall–Kier alpha value is -1.81. The van der Waals surface area contributed by atoms with Gasteiger partial charge < -0.3 is 14.9 Å². The van der Waals surface area contributed by atoms with Crippen LogP contribution in [-0.4, -0.2) is 28.9 Å². The van der Waals surface area contributed by atoms with Gasteiger partial charge in [0.1, 0.15) is 5.75 Å². The Morgan fingerprint density at radius 2 is 1.70 bits per heavy atom. The summed E-state index contributed by atoms with van der Waals surface area (Å²) in [6.07, 6.45) is 12.5. The van der Waals surface area contributed by atoms with Gasteiger partial charge in [0.05, 0.1) is 18.1 Å². The number of hydrogen-bond donors (Lipinski definition) is 2. The number of phenolic OH excluding ortho intramolecular Hbond substituents is 1. The van der Waals surface area contributed by atoms with Crippen LogP contribution < -0.4 is 0 Å². The molecule has 0 amide bonds. The number of aliphatic hydroxyl groups excluding tert-OH is 1. The highest BCUT2D eigenvalue weighted by atomic mass is 16.5. The fourth-order valence-electron chi connectivity index (χ4n) is 12.0. The molecule has 5 aliphatic carbocycles. The standard InChI is InChI=1S/C39H58O4/c1-24-13-19-39(34(42)43-22-16-27-10-9-25(2)29(40)23-27)21-20-37(7)28(33(39)26(24)3)11-12-31-36(6)17-15-32(41)35(4,5)30(36)14-18-38(31,37)8/h9-11,23-24,26,30-33,40-41H,12-22H2,1-8H3/t24-,26+,30+,31+,32+,33+,36+,37-,38-,39+/m1/s1. The number of aliphatic hydroxyl groups is 1. The fourth-order valence-corrected chi connectivity index (χ4v) is 12.0. The Morgan fingerprint density at radius 1 is 0.953 bits per heavy atom. The predicted molar refractivity (Wildman–Crippen MR) is 172 cm³/mol. The van der Waals surface area contributed by atoms with Gasteiger partial charge in [0.15, 0.2) is 0 Å². The zero-order valence-corrected chi connectivity index (χ0v) is 28.3. The van der Waals surface area contributed by atoms with Crippen molar-refractivity contribution in [1.82, 2.24) is 0 Å². The molecule has 0 radical (unpaired) electrons. The van der Waals surface area contributed by atoms with Crippen molar-refractivity contribution in [2.24, 2.45) is 56.7 Å². The number of ether oxygens (including phenoxy) is 1. The Morgan fingerprint density at radius 3 is 2.42 bits per heavy atom. The Labute approximate surface area is 261 Å². The van der Waals surface area contributed by atoms with Crippen molar-refractivity contribution >= 4 is 5.97 Å². The monoisotopic (exact) mass is 590 g/mol. The van der Waals surface area contributed by atoms with Crippen molar-refractivity contribution in [2.75, 3.05) is 6.61 Å². The predicted octanol–water partition coefficient (Wildman–Crippen LogP) is 8.80. The lowest BCUT2D eigenvalue weighted by molar-refractivity contribution is -0.207. The minimum Gasteiger partial charge on any atom is -0.508 e. The first kappa shape index (κ1) is 31.2. The maximum atomic E-state index is 14.3. The van der Waals surface area contributed by atoms with E-state index in [1.807, 2.05) is 19.1 Å². The van der Waals surface area contributed by atoms with Crippen LogP contribution >= 0.6 is 0 Å². The van der Waals surface area contributed by atoms with E-state index in [0.717, 1.165) is 56.1 Å². The Bertz CT molecular complexity index is 1300. The summed E-state index contributed by atoms with van der Waals surface area (Å²) in [6.45, 7) is 19.5. The average Bonchev–Trinajstić information content (AvgIpc) is 2.95. The average molecular weight is 591 g/mol. The molecule has 1 aromatic rings. The first-order chi connectivity index (χ1) is 20.1. The fraction of sp³-hybridized carbons (Fsp3) is 0.769. The van der Waals surface area contributed by atoms with Crippen molar-refractivity contribution < 1.29 is 19.7 Å². The summed E-state index contributed by atoms with van der Waals surface area (Å²) in [6, 6.07) is 5.75. The van der Waals surface area contributed by atoms with Gasteiger partial charge in [0, 0.05) is 6.42 Å². The summed E-state index contributed by atoms with van der Waals surface area (Å²) in [4.78, 5) is 14.3. The minimum absolute atomic E-state index is 0.0153. The minimum atomic E-state index is -0.437. The van der Waals surface area contributed by atoms with E-state index in [2.05, 4.69) is 54.5 Å². The van der Waals surface area contributed by atoms with E-state index in [9.17, 15) is 15.0 Å². The Balaban J connectivity index is 1.31. The lowest BCUT2D eigenvalue weighted by Crippen LogP contribution is -2.65. The number of benzene rings is 1. The summed E-state index contributed by atoms with van der Waals surface area (Å²) in [7, 11) is 0. The van der Waals surface area contributed by atoms with E-state index in [1.54, 1.807) is 11.6 Å².